The SMILES string of the molecule is FC1=CCCC=C1c1c(Cl)cc2cncnc2c1F. The highest BCUT2D eigenvalue weighted by Gasteiger charge is 2.21. The Labute approximate surface area is 113 Å². The van der Waals surface area contributed by atoms with Crippen molar-refractivity contribution in [3.05, 3.63) is 53.0 Å². The maximum atomic E-state index is 14.5. The van der Waals surface area contributed by atoms with E-state index in [-0.39, 0.29) is 21.7 Å². The highest BCUT2D eigenvalue weighted by Crippen LogP contribution is 2.37. The molecule has 0 saturated carbocycles. The van der Waals surface area contributed by atoms with Crippen molar-refractivity contribution < 1.29 is 8.78 Å². The monoisotopic (exact) mass is 278 g/mol. The van der Waals surface area contributed by atoms with Crippen LogP contribution in [-0.2, 0) is 0 Å². The molecule has 0 bridgehead atoms. The summed E-state index contributed by atoms with van der Waals surface area (Å²) in [6, 6.07) is 1.55. The lowest BCUT2D eigenvalue weighted by atomic mass is 9.97. The second-order valence-electron chi connectivity index (χ2n) is 4.26. The second kappa shape index (κ2) is 4.70. The third-order valence-electron chi connectivity index (χ3n) is 3.05. The average Bonchev–Trinajstić information content (AvgIpc) is 2.41. The zero-order valence-corrected chi connectivity index (χ0v) is 10.6. The Kier molecular flexibility index (Phi) is 3.03. The summed E-state index contributed by atoms with van der Waals surface area (Å²) in [5.41, 5.74) is 0.421. The van der Waals surface area contributed by atoms with Gasteiger partial charge in [0.1, 0.15) is 17.7 Å². The molecule has 5 heteroatoms. The van der Waals surface area contributed by atoms with Crippen molar-refractivity contribution in [1.29, 1.82) is 0 Å². The zero-order valence-electron chi connectivity index (χ0n) is 9.83. The molecular weight excluding hydrogens is 270 g/mol. The predicted molar refractivity (Wildman–Crippen MR) is 70.9 cm³/mol. The molecule has 1 aliphatic carbocycles. The van der Waals surface area contributed by atoms with Gasteiger partial charge in [0.05, 0.1) is 5.02 Å². The van der Waals surface area contributed by atoms with E-state index in [2.05, 4.69) is 9.97 Å². The molecule has 0 amide bonds. The fraction of sp³-hybridized carbons (Fsp3) is 0.143. The number of halogens is 3. The minimum absolute atomic E-state index is 0.0707. The molecule has 1 aromatic carbocycles. The first-order valence-corrected chi connectivity index (χ1v) is 6.20. The number of hydrogen-bond acceptors (Lipinski definition) is 2. The smallest absolute Gasteiger partial charge is 0.158 e. The topological polar surface area (TPSA) is 25.8 Å². The molecule has 0 spiro atoms. The van der Waals surface area contributed by atoms with E-state index in [9.17, 15) is 8.78 Å². The van der Waals surface area contributed by atoms with Crippen LogP contribution in [0.2, 0.25) is 5.02 Å². The number of aromatic nitrogens is 2. The van der Waals surface area contributed by atoms with Crippen molar-refractivity contribution in [2.75, 3.05) is 0 Å². The van der Waals surface area contributed by atoms with Crippen LogP contribution in [0.3, 0.4) is 0 Å². The Morgan fingerprint density at radius 1 is 1.16 bits per heavy atom. The van der Waals surface area contributed by atoms with Crippen molar-refractivity contribution >= 4 is 28.1 Å². The lowest BCUT2D eigenvalue weighted by molar-refractivity contribution is 0.624. The van der Waals surface area contributed by atoms with Gasteiger partial charge in [0.15, 0.2) is 5.82 Å². The molecule has 0 N–H and O–H groups in total. The normalized spacial score (nSPS) is 15.3. The van der Waals surface area contributed by atoms with Crippen molar-refractivity contribution in [3.8, 4) is 0 Å². The third-order valence-corrected chi connectivity index (χ3v) is 3.35. The predicted octanol–water partition coefficient (Wildman–Crippen LogP) is 4.45. The molecule has 2 nitrogen and oxygen atoms in total. The maximum absolute atomic E-state index is 14.5. The summed E-state index contributed by atoms with van der Waals surface area (Å²) >= 11 is 6.08. The number of allylic oxidation sites excluding steroid dienone is 4. The largest absolute Gasteiger partial charge is 0.244 e. The van der Waals surface area contributed by atoms with Gasteiger partial charge in [0.2, 0.25) is 0 Å². The molecule has 19 heavy (non-hydrogen) atoms. The van der Waals surface area contributed by atoms with Gasteiger partial charge in [0.25, 0.3) is 0 Å². The highest BCUT2D eigenvalue weighted by atomic mass is 35.5. The molecule has 0 radical (unpaired) electrons. The summed E-state index contributed by atoms with van der Waals surface area (Å²) in [5, 5.41) is 0.658. The first-order valence-electron chi connectivity index (χ1n) is 5.83. The molecule has 0 fully saturated rings. The van der Waals surface area contributed by atoms with E-state index in [1.165, 1.54) is 18.6 Å². The number of rotatable bonds is 1. The number of nitrogens with zero attached hydrogens (tertiary/aromatic N) is 2. The van der Waals surface area contributed by atoms with E-state index in [0.29, 0.717) is 18.2 Å². The molecule has 1 aromatic heterocycles. The Morgan fingerprint density at radius 3 is 2.74 bits per heavy atom. The van der Waals surface area contributed by atoms with Gasteiger partial charge in [-0.3, -0.25) is 0 Å². The van der Waals surface area contributed by atoms with Gasteiger partial charge in [-0.15, -0.1) is 0 Å². The van der Waals surface area contributed by atoms with E-state index in [1.54, 1.807) is 12.1 Å². The van der Waals surface area contributed by atoms with Crippen LogP contribution in [0.5, 0.6) is 0 Å². The summed E-state index contributed by atoms with van der Waals surface area (Å²) in [6.07, 6.45) is 7.11. The van der Waals surface area contributed by atoms with Gasteiger partial charge in [-0.1, -0.05) is 17.7 Å². The maximum Gasteiger partial charge on any atom is 0.158 e. The number of hydrogen-bond donors (Lipinski definition) is 0. The molecule has 0 atom stereocenters. The molecule has 0 saturated heterocycles. The lowest BCUT2D eigenvalue weighted by Crippen LogP contribution is -1.98. The van der Waals surface area contributed by atoms with E-state index in [1.807, 2.05) is 0 Å². The van der Waals surface area contributed by atoms with Crippen molar-refractivity contribution in [3.63, 3.8) is 0 Å². The molecule has 1 heterocycles. The van der Waals surface area contributed by atoms with Crippen LogP contribution in [0.15, 0.2) is 36.6 Å². The van der Waals surface area contributed by atoms with E-state index in [4.69, 9.17) is 11.6 Å². The van der Waals surface area contributed by atoms with Gasteiger partial charge in [0, 0.05) is 22.7 Å². The van der Waals surface area contributed by atoms with Crippen LogP contribution in [0.4, 0.5) is 8.78 Å². The minimum Gasteiger partial charge on any atom is -0.244 e. The van der Waals surface area contributed by atoms with Crippen molar-refractivity contribution in [1.82, 2.24) is 9.97 Å². The molecule has 0 aliphatic heterocycles. The van der Waals surface area contributed by atoms with Gasteiger partial charge in [-0.05, 0) is 25.0 Å². The van der Waals surface area contributed by atoms with Crippen molar-refractivity contribution in [2.45, 2.75) is 12.8 Å². The van der Waals surface area contributed by atoms with Gasteiger partial charge >= 0.3 is 0 Å². The first-order chi connectivity index (χ1) is 9.18. The quantitative estimate of drug-likeness (QED) is 0.770. The van der Waals surface area contributed by atoms with Gasteiger partial charge < -0.3 is 0 Å². The van der Waals surface area contributed by atoms with Crippen LogP contribution in [-0.4, -0.2) is 9.97 Å². The van der Waals surface area contributed by atoms with Crippen LogP contribution >= 0.6 is 11.6 Å². The van der Waals surface area contributed by atoms with E-state index >= 15 is 0 Å². The summed E-state index contributed by atoms with van der Waals surface area (Å²) in [4.78, 5) is 7.70. The Morgan fingerprint density at radius 2 is 1.95 bits per heavy atom. The fourth-order valence-electron chi connectivity index (χ4n) is 2.17. The van der Waals surface area contributed by atoms with E-state index in [0.717, 1.165) is 0 Å². The van der Waals surface area contributed by atoms with Crippen molar-refractivity contribution in [2.24, 2.45) is 0 Å². The highest BCUT2D eigenvalue weighted by molar-refractivity contribution is 6.33. The number of benzene rings is 1. The summed E-state index contributed by atoms with van der Waals surface area (Å²) in [5.74, 6) is -1.05. The zero-order chi connectivity index (χ0) is 13.4. The Hall–Kier alpha value is -1.81. The molecule has 1 aliphatic rings. The summed E-state index contributed by atoms with van der Waals surface area (Å²) in [6.45, 7) is 0. The van der Waals surface area contributed by atoms with Crippen LogP contribution in [0.25, 0.3) is 16.5 Å². The summed E-state index contributed by atoms with van der Waals surface area (Å²) in [7, 11) is 0. The molecular formula is C14H9ClF2N2. The Balaban J connectivity index is 2.30. The molecule has 96 valence electrons. The Bertz CT molecular complexity index is 723. The van der Waals surface area contributed by atoms with Gasteiger partial charge in [-0.2, -0.15) is 0 Å². The van der Waals surface area contributed by atoms with Crippen LogP contribution < -0.4 is 0 Å². The minimum atomic E-state index is -0.610. The van der Waals surface area contributed by atoms with Crippen LogP contribution in [0.1, 0.15) is 18.4 Å². The second-order valence-corrected chi connectivity index (χ2v) is 4.66. The average molecular weight is 279 g/mol. The first kappa shape index (κ1) is 12.2. The number of fused-ring (bicyclic) bond motifs is 1. The molecule has 2 aromatic rings. The van der Waals surface area contributed by atoms with E-state index < -0.39 is 11.6 Å². The summed E-state index contributed by atoms with van der Waals surface area (Å²) < 4.78 is 28.3. The van der Waals surface area contributed by atoms with Crippen LogP contribution in [0, 0.1) is 5.82 Å². The molecule has 3 rings (SSSR count). The lowest BCUT2D eigenvalue weighted by Gasteiger charge is -2.13. The fourth-order valence-corrected chi connectivity index (χ4v) is 2.48. The molecule has 0 unspecified atom stereocenters. The standard InChI is InChI=1S/C14H9ClF2N2/c15-10-5-8-6-18-7-19-14(8)13(17)12(10)9-3-1-2-4-11(9)16/h3-7H,1-2H2. The third kappa shape index (κ3) is 2.02. The van der Waals surface area contributed by atoms with Gasteiger partial charge in [-0.25, -0.2) is 18.7 Å².